The predicted molar refractivity (Wildman–Crippen MR) is 174 cm³/mol. The molecule has 6 aromatic carbocycles. The molecule has 0 atom stereocenters. The summed E-state index contributed by atoms with van der Waals surface area (Å²) in [6, 6.07) is 6.07. The van der Waals surface area contributed by atoms with Crippen LogP contribution in [0.3, 0.4) is 0 Å². The van der Waals surface area contributed by atoms with Crippen molar-refractivity contribution in [3.63, 3.8) is 0 Å². The van der Waals surface area contributed by atoms with Gasteiger partial charge in [-0.2, -0.15) is 0 Å². The second-order valence-electron chi connectivity index (χ2n) is 10.6. The first kappa shape index (κ1) is 14.0. The molecular formula is C38H22N4O2. The molecule has 0 radical (unpaired) electrons. The molecule has 5 heterocycles. The number of hydrogen-bond donors (Lipinski definition) is 0. The molecule has 0 bridgehead atoms. The van der Waals surface area contributed by atoms with Gasteiger partial charge in [-0.05, 0) is 54.5 Å². The van der Waals surface area contributed by atoms with Crippen molar-refractivity contribution in [1.29, 1.82) is 0 Å². The molecule has 0 aliphatic carbocycles. The van der Waals surface area contributed by atoms with Crippen molar-refractivity contribution >= 4 is 54.6 Å². The van der Waals surface area contributed by atoms with Gasteiger partial charge in [0.2, 0.25) is 0 Å². The minimum absolute atomic E-state index is 0.0365. The van der Waals surface area contributed by atoms with Crippen LogP contribution in [0.1, 0.15) is 23.6 Å². The van der Waals surface area contributed by atoms with Gasteiger partial charge in [0, 0.05) is 33.3 Å². The van der Waals surface area contributed by atoms with Gasteiger partial charge in [0.25, 0.3) is 0 Å². The minimum atomic E-state index is -0.610. The highest BCUT2D eigenvalue weighted by Gasteiger charge is 2.26. The van der Waals surface area contributed by atoms with Gasteiger partial charge in [0.1, 0.15) is 12.4 Å². The first-order valence-electron chi connectivity index (χ1n) is 20.3. The summed E-state index contributed by atoms with van der Waals surface area (Å²) < 4.78 is 133. The number of rotatable bonds is 1. The molecule has 206 valence electrons. The lowest BCUT2D eigenvalue weighted by atomic mass is 10.1. The van der Waals surface area contributed by atoms with E-state index < -0.39 is 78.6 Å². The van der Waals surface area contributed by atoms with Gasteiger partial charge in [-0.3, -0.25) is 4.57 Å². The van der Waals surface area contributed by atoms with Gasteiger partial charge in [-0.25, -0.2) is 4.98 Å². The van der Waals surface area contributed by atoms with Crippen LogP contribution in [0.15, 0.2) is 121 Å². The van der Waals surface area contributed by atoms with E-state index in [-0.39, 0.29) is 67.4 Å². The third-order valence-electron chi connectivity index (χ3n) is 8.33. The minimum Gasteiger partial charge on any atom is -0.483 e. The van der Waals surface area contributed by atoms with E-state index >= 15 is 0 Å². The highest BCUT2D eigenvalue weighted by molar-refractivity contribution is 6.14. The molecule has 2 aliphatic rings. The van der Waals surface area contributed by atoms with E-state index in [1.807, 2.05) is 28.8 Å². The molecular weight excluding hydrogens is 544 g/mol. The van der Waals surface area contributed by atoms with Gasteiger partial charge in [0.15, 0.2) is 17.3 Å². The van der Waals surface area contributed by atoms with Crippen LogP contribution in [-0.2, 0) is 6.61 Å². The van der Waals surface area contributed by atoms with Crippen LogP contribution < -0.4 is 9.47 Å². The molecule has 2 aliphatic heterocycles. The molecule has 0 spiro atoms. The van der Waals surface area contributed by atoms with Gasteiger partial charge in [-0.15, -0.1) is 0 Å². The van der Waals surface area contributed by atoms with Crippen LogP contribution in [0.25, 0.3) is 71.7 Å². The Balaban J connectivity index is 1.32. The Labute approximate surface area is 268 Å². The summed E-state index contributed by atoms with van der Waals surface area (Å²) >= 11 is 0. The van der Waals surface area contributed by atoms with Crippen LogP contribution >= 0.6 is 0 Å². The van der Waals surface area contributed by atoms with Gasteiger partial charge in [-0.1, -0.05) is 60.5 Å². The second kappa shape index (κ2) is 7.88. The summed E-state index contributed by atoms with van der Waals surface area (Å²) in [4.78, 5) is 4.83. The molecule has 6 heteroatoms. The lowest BCUT2D eigenvalue weighted by Gasteiger charge is -2.21. The molecule has 0 fully saturated rings. The summed E-state index contributed by atoms with van der Waals surface area (Å²) in [6.45, 7) is 0.196. The third-order valence-corrected chi connectivity index (χ3v) is 8.33. The Morgan fingerprint density at radius 2 is 1.41 bits per heavy atom. The van der Waals surface area contributed by atoms with E-state index in [2.05, 4.69) is 0 Å². The van der Waals surface area contributed by atoms with Crippen LogP contribution in [0.4, 0.5) is 0 Å². The summed E-state index contributed by atoms with van der Waals surface area (Å²) in [5, 5.41) is -0.373. The summed E-state index contributed by atoms with van der Waals surface area (Å²) in [7, 11) is 0. The number of hydrogen-bond acceptors (Lipinski definition) is 3. The van der Waals surface area contributed by atoms with Crippen molar-refractivity contribution < 1.29 is 27.3 Å². The molecule has 0 N–H and O–H groups in total. The predicted octanol–water partition coefficient (Wildman–Crippen LogP) is 9.22. The van der Waals surface area contributed by atoms with E-state index in [4.69, 9.17) is 29.5 Å². The number of fused-ring (bicyclic) bond motifs is 13. The zero-order valence-corrected chi connectivity index (χ0v) is 22.4. The Morgan fingerprint density at radius 1 is 0.614 bits per heavy atom. The fourth-order valence-electron chi connectivity index (χ4n) is 6.54. The number of ether oxygens (including phenoxy) is 2. The van der Waals surface area contributed by atoms with Crippen molar-refractivity contribution in [2.75, 3.05) is 0 Å². The lowest BCUT2D eigenvalue weighted by molar-refractivity contribution is 0.280. The van der Waals surface area contributed by atoms with E-state index in [0.29, 0.717) is 22.8 Å². The molecule has 44 heavy (non-hydrogen) atoms. The Hall–Kier alpha value is -6.01. The Morgan fingerprint density at radius 3 is 2.32 bits per heavy atom. The largest absolute Gasteiger partial charge is 0.483 e. The van der Waals surface area contributed by atoms with Gasteiger partial charge in [0.05, 0.1) is 62.3 Å². The van der Waals surface area contributed by atoms with Crippen molar-refractivity contribution in [2.45, 2.75) is 6.61 Å². The molecule has 3 aromatic heterocycles. The molecule has 11 rings (SSSR count). The first-order valence-corrected chi connectivity index (χ1v) is 13.8. The summed E-state index contributed by atoms with van der Waals surface area (Å²) in [6.07, 6.45) is 0. The third kappa shape index (κ3) is 2.73. The maximum atomic E-state index is 9.84. The quantitative estimate of drug-likeness (QED) is 0.195. The summed E-state index contributed by atoms with van der Waals surface area (Å²) in [5.41, 5.74) is 1.88. The Bertz CT molecular complexity index is 3420. The molecule has 0 amide bonds. The molecule has 6 nitrogen and oxygen atoms in total. The van der Waals surface area contributed by atoms with E-state index in [0.717, 1.165) is 11.2 Å². The van der Waals surface area contributed by atoms with E-state index in [9.17, 15) is 2.74 Å². The van der Waals surface area contributed by atoms with Crippen LogP contribution in [0.2, 0.25) is 0 Å². The molecule has 0 saturated carbocycles. The van der Waals surface area contributed by atoms with Crippen LogP contribution in [0, 0.1) is 0 Å². The monoisotopic (exact) mass is 579 g/mol. The normalized spacial score (nSPS) is 17.4. The SMILES string of the molecule is [2H]c1c([2H])c([2H])c2c(c1[2H])c1c([2H])c3c(c([2H])c1n2-c1ccc2c(c1)nc1n2-c2ccccc2OC1)Oc1c([2H])c([2H])c([2H])c2c4c([2H])c([2H])c([2H])c([2H])c4n-3c12. The van der Waals surface area contributed by atoms with Crippen molar-refractivity contribution in [3.05, 3.63) is 127 Å². The van der Waals surface area contributed by atoms with Crippen LogP contribution in [0.5, 0.6) is 17.2 Å². The first-order chi connectivity index (χ1) is 27.2. The average molecular weight is 580 g/mol. The molecule has 9 aromatic rings. The van der Waals surface area contributed by atoms with Crippen molar-refractivity contribution in [1.82, 2.24) is 18.7 Å². The second-order valence-corrected chi connectivity index (χ2v) is 10.6. The van der Waals surface area contributed by atoms with E-state index in [1.165, 1.54) is 9.13 Å². The average Bonchev–Trinajstić information content (AvgIpc) is 3.89. The van der Waals surface area contributed by atoms with Crippen LogP contribution in [-0.4, -0.2) is 18.7 Å². The number of benzene rings is 6. The zero-order chi connectivity index (χ0) is 39.8. The smallest absolute Gasteiger partial charge is 0.153 e. The number of aromatic nitrogens is 4. The highest BCUT2D eigenvalue weighted by Crippen LogP contribution is 2.48. The van der Waals surface area contributed by atoms with Crippen molar-refractivity contribution in [2.24, 2.45) is 0 Å². The maximum Gasteiger partial charge on any atom is 0.153 e. The van der Waals surface area contributed by atoms with Gasteiger partial charge >= 0.3 is 0 Å². The zero-order valence-electron chi connectivity index (χ0n) is 35.4. The lowest BCUT2D eigenvalue weighted by Crippen LogP contribution is -2.12. The number of imidazole rings is 1. The van der Waals surface area contributed by atoms with E-state index in [1.54, 1.807) is 18.2 Å². The Kier molecular flexibility index (Phi) is 2.50. The van der Waals surface area contributed by atoms with Crippen molar-refractivity contribution in [3.8, 4) is 34.3 Å². The highest BCUT2D eigenvalue weighted by atomic mass is 16.5. The number of nitrogens with zero attached hydrogens (tertiary/aromatic N) is 4. The molecule has 0 unspecified atom stereocenters. The standard InChI is InChI=1S/C38H22N4O2/c1-4-12-29-23(8-1)25-10-7-15-35-38(25)42(29)33-19-26-24-9-2-3-11-28(24)40(32(26)20-36(33)44-35)22-16-17-30-27(18-22)39-37-21-43-34-14-6-5-13-31(34)41(30)37/h1-20H,21H2/i1D,2D,3D,4D,7D,8D,9D,10D,11D,12D,15D,19D,20D. The fourth-order valence-corrected chi connectivity index (χ4v) is 6.54. The maximum absolute atomic E-state index is 9.84. The molecule has 0 saturated heterocycles. The summed E-state index contributed by atoms with van der Waals surface area (Å²) in [5.74, 6) is 0.692. The topological polar surface area (TPSA) is 46.1 Å². The van der Waals surface area contributed by atoms with Gasteiger partial charge < -0.3 is 18.6 Å². The fraction of sp³-hybridized carbons (Fsp3) is 0.0263. The number of para-hydroxylation sites is 5.